The molecule has 11 nitrogen and oxygen atoms in total. The minimum absolute atomic E-state index is 0.00154. The normalized spacial score (nSPS) is 12.2. The summed E-state index contributed by atoms with van der Waals surface area (Å²) >= 11 is 1.09. The van der Waals surface area contributed by atoms with E-state index in [4.69, 9.17) is 11.5 Å². The van der Waals surface area contributed by atoms with Gasteiger partial charge in [0.2, 0.25) is 11.9 Å². The van der Waals surface area contributed by atoms with Crippen LogP contribution >= 0.6 is 11.8 Å². The summed E-state index contributed by atoms with van der Waals surface area (Å²) < 4.78 is 27.3. The first kappa shape index (κ1) is 22.2. The largest absolute Gasteiger partial charge is 0.383 e. The topological polar surface area (TPSA) is 179 Å². The van der Waals surface area contributed by atoms with Gasteiger partial charge in [-0.3, -0.25) is 4.79 Å². The first-order valence-corrected chi connectivity index (χ1v) is 11.3. The van der Waals surface area contributed by atoms with E-state index in [9.17, 15) is 13.2 Å². The van der Waals surface area contributed by atoms with Crippen LogP contribution in [0.1, 0.15) is 12.6 Å². The molecule has 6 N–H and O–H groups in total. The molecule has 1 unspecified atom stereocenters. The predicted molar refractivity (Wildman–Crippen MR) is 119 cm³/mol. The fourth-order valence-electron chi connectivity index (χ4n) is 2.36. The Hall–Kier alpha value is -3.45. The van der Waals surface area contributed by atoms with Gasteiger partial charge >= 0.3 is 0 Å². The average molecular weight is 461 g/mol. The van der Waals surface area contributed by atoms with Crippen molar-refractivity contribution in [1.29, 1.82) is 0 Å². The first-order chi connectivity index (χ1) is 14.6. The molecular formula is C18H20N8O3S2. The van der Waals surface area contributed by atoms with E-state index >= 15 is 0 Å². The fourth-order valence-corrected chi connectivity index (χ4v) is 4.11. The number of nitrogen functional groups attached to an aromatic ring is 2. The van der Waals surface area contributed by atoms with Gasteiger partial charge in [0.25, 0.3) is 10.0 Å². The van der Waals surface area contributed by atoms with E-state index in [0.717, 1.165) is 11.8 Å². The molecule has 162 valence electrons. The molecule has 0 radical (unpaired) electrons. The molecule has 1 aromatic carbocycles. The molecule has 2 aromatic heterocycles. The maximum absolute atomic E-state index is 12.5. The molecule has 3 rings (SSSR count). The van der Waals surface area contributed by atoms with Crippen molar-refractivity contribution in [2.24, 2.45) is 0 Å². The van der Waals surface area contributed by atoms with Crippen molar-refractivity contribution in [3.05, 3.63) is 48.3 Å². The number of carbonyl (C=O) groups excluding carboxylic acids is 1. The Bertz CT molecular complexity index is 1180. The number of nitrogens with zero attached hydrogens (tertiary/aromatic N) is 4. The molecule has 13 heteroatoms. The monoisotopic (exact) mass is 460 g/mol. The highest BCUT2D eigenvalue weighted by Crippen LogP contribution is 2.23. The molecular weight excluding hydrogens is 440 g/mol. The van der Waals surface area contributed by atoms with Crippen molar-refractivity contribution in [2.75, 3.05) is 21.5 Å². The number of amides is 1. The highest BCUT2D eigenvalue weighted by Gasteiger charge is 2.19. The highest BCUT2D eigenvalue weighted by molar-refractivity contribution is 8.00. The van der Waals surface area contributed by atoms with E-state index in [1.54, 1.807) is 19.9 Å². The van der Waals surface area contributed by atoms with Crippen LogP contribution in [-0.4, -0.2) is 39.5 Å². The number of hydrogen-bond acceptors (Lipinski definition) is 10. The van der Waals surface area contributed by atoms with Crippen LogP contribution in [0.3, 0.4) is 0 Å². The Morgan fingerprint density at radius 3 is 2.32 bits per heavy atom. The predicted octanol–water partition coefficient (Wildman–Crippen LogP) is 1.66. The third-order valence-electron chi connectivity index (χ3n) is 3.85. The van der Waals surface area contributed by atoms with Crippen molar-refractivity contribution in [2.45, 2.75) is 29.1 Å². The summed E-state index contributed by atoms with van der Waals surface area (Å²) in [7, 11) is -3.87. The summed E-state index contributed by atoms with van der Waals surface area (Å²) in [6.07, 6.45) is 1.46. The molecule has 0 spiro atoms. The molecule has 3 aromatic rings. The number of nitrogens with one attached hydrogen (secondary N) is 2. The Kier molecular flexibility index (Phi) is 6.56. The number of benzene rings is 1. The number of rotatable bonds is 7. The molecule has 0 fully saturated rings. The second-order valence-corrected chi connectivity index (χ2v) is 9.39. The number of aryl methyl sites for hydroxylation is 1. The van der Waals surface area contributed by atoms with Gasteiger partial charge in [-0.15, -0.1) is 0 Å². The SMILES string of the molecule is Cc1ccnc(NS(=O)(=O)c2ccc(NC(=O)C(C)Sc3nc(N)cc(N)n3)cc2)n1. The average Bonchev–Trinajstić information content (AvgIpc) is 2.67. The van der Waals surface area contributed by atoms with Crippen molar-refractivity contribution in [3.8, 4) is 0 Å². The van der Waals surface area contributed by atoms with Crippen molar-refractivity contribution in [1.82, 2.24) is 19.9 Å². The molecule has 2 heterocycles. The number of anilines is 4. The maximum Gasteiger partial charge on any atom is 0.264 e. The number of hydrogen-bond donors (Lipinski definition) is 4. The van der Waals surface area contributed by atoms with Crippen molar-refractivity contribution < 1.29 is 13.2 Å². The van der Waals surface area contributed by atoms with E-state index in [2.05, 4.69) is 30.0 Å². The van der Waals surface area contributed by atoms with Gasteiger partial charge < -0.3 is 16.8 Å². The van der Waals surface area contributed by atoms with Crippen LogP contribution in [0.5, 0.6) is 0 Å². The molecule has 0 aliphatic rings. The second kappa shape index (κ2) is 9.14. The minimum atomic E-state index is -3.87. The number of sulfonamides is 1. The third kappa shape index (κ3) is 6.02. The zero-order valence-corrected chi connectivity index (χ0v) is 18.2. The highest BCUT2D eigenvalue weighted by atomic mass is 32.2. The van der Waals surface area contributed by atoms with Crippen LogP contribution in [0.4, 0.5) is 23.3 Å². The summed E-state index contributed by atoms with van der Waals surface area (Å²) in [5.41, 5.74) is 12.3. The fraction of sp³-hybridized carbons (Fsp3) is 0.167. The number of carbonyl (C=O) groups is 1. The van der Waals surface area contributed by atoms with E-state index in [0.29, 0.717) is 11.4 Å². The molecule has 0 bridgehead atoms. The summed E-state index contributed by atoms with van der Waals surface area (Å²) in [4.78, 5) is 28.4. The Morgan fingerprint density at radius 2 is 1.71 bits per heavy atom. The molecule has 1 atom stereocenters. The number of nitrogens with two attached hydrogens (primary N) is 2. The molecule has 31 heavy (non-hydrogen) atoms. The second-order valence-electron chi connectivity index (χ2n) is 6.40. The van der Waals surface area contributed by atoms with Crippen molar-refractivity contribution >= 4 is 51.0 Å². The lowest BCUT2D eigenvalue weighted by molar-refractivity contribution is -0.115. The van der Waals surface area contributed by atoms with E-state index in [1.807, 2.05) is 0 Å². The van der Waals surface area contributed by atoms with Crippen LogP contribution in [0.25, 0.3) is 0 Å². The maximum atomic E-state index is 12.5. The minimum Gasteiger partial charge on any atom is -0.383 e. The van der Waals surface area contributed by atoms with Crippen LogP contribution in [0.2, 0.25) is 0 Å². The quantitative estimate of drug-likeness (QED) is 0.299. The van der Waals surface area contributed by atoms with Crippen LogP contribution < -0.4 is 21.5 Å². The van der Waals surface area contributed by atoms with Gasteiger partial charge in [-0.05, 0) is 44.2 Å². The molecule has 0 aliphatic heterocycles. The lowest BCUT2D eigenvalue weighted by Crippen LogP contribution is -2.23. The van der Waals surface area contributed by atoms with Crippen LogP contribution in [0, 0.1) is 6.92 Å². The van der Waals surface area contributed by atoms with Gasteiger partial charge in [0.05, 0.1) is 10.1 Å². The summed E-state index contributed by atoms with van der Waals surface area (Å²) in [5.74, 6) is 0.0808. The molecule has 0 saturated heterocycles. The van der Waals surface area contributed by atoms with Gasteiger partial charge in [0.15, 0.2) is 5.16 Å². The van der Waals surface area contributed by atoms with E-state index in [1.165, 1.54) is 36.5 Å². The lowest BCUT2D eigenvalue weighted by atomic mass is 10.3. The van der Waals surface area contributed by atoms with Gasteiger partial charge in [0.1, 0.15) is 11.6 Å². The lowest BCUT2D eigenvalue weighted by Gasteiger charge is -2.12. The van der Waals surface area contributed by atoms with Gasteiger partial charge in [-0.25, -0.2) is 33.1 Å². The Labute approximate surface area is 183 Å². The van der Waals surface area contributed by atoms with Crippen LogP contribution in [0.15, 0.2) is 52.6 Å². The zero-order chi connectivity index (χ0) is 22.6. The van der Waals surface area contributed by atoms with Gasteiger partial charge in [-0.1, -0.05) is 11.8 Å². The summed E-state index contributed by atoms with van der Waals surface area (Å²) in [6, 6.07) is 8.78. The van der Waals surface area contributed by atoms with Gasteiger partial charge in [-0.2, -0.15) is 0 Å². The first-order valence-electron chi connectivity index (χ1n) is 8.92. The number of aromatic nitrogens is 4. The standard InChI is InChI=1S/C18H20N8O3S2/c1-10-7-8-21-17(22-10)26-31(28,29)13-5-3-12(4-6-13)23-16(27)11(2)30-18-24-14(19)9-15(20)25-18/h3-9,11H,1-2H3,(H,23,27)(H,21,22,26)(H4,19,20,24,25). The summed E-state index contributed by atoms with van der Waals surface area (Å²) in [6.45, 7) is 3.40. The third-order valence-corrected chi connectivity index (χ3v) is 6.15. The van der Waals surface area contributed by atoms with Gasteiger partial charge in [0, 0.05) is 23.6 Å². The Morgan fingerprint density at radius 1 is 1.06 bits per heavy atom. The number of thioether (sulfide) groups is 1. The zero-order valence-electron chi connectivity index (χ0n) is 16.6. The summed E-state index contributed by atoms with van der Waals surface area (Å²) in [5, 5.41) is 2.44. The van der Waals surface area contributed by atoms with E-state index < -0.39 is 15.3 Å². The van der Waals surface area contributed by atoms with Crippen molar-refractivity contribution in [3.63, 3.8) is 0 Å². The Balaban J connectivity index is 1.64. The van der Waals surface area contributed by atoms with Crippen LogP contribution in [-0.2, 0) is 14.8 Å². The molecule has 0 saturated carbocycles. The smallest absolute Gasteiger partial charge is 0.264 e. The molecule has 0 aliphatic carbocycles. The van der Waals surface area contributed by atoms with E-state index in [-0.39, 0.29) is 33.5 Å². The molecule has 1 amide bonds.